The van der Waals surface area contributed by atoms with Crippen LogP contribution in [0.1, 0.15) is 33.6 Å². The van der Waals surface area contributed by atoms with Crippen molar-refractivity contribution >= 4 is 46.7 Å². The maximum atomic E-state index is 14.4. The first-order valence-electron chi connectivity index (χ1n) is 13.0. The number of hydrogen-bond donors (Lipinski definition) is 1. The van der Waals surface area contributed by atoms with Crippen molar-refractivity contribution in [2.75, 3.05) is 5.32 Å². The highest BCUT2D eigenvalue weighted by molar-refractivity contribution is 6.36. The molecule has 200 valence electrons. The summed E-state index contributed by atoms with van der Waals surface area (Å²) in [6, 6.07) is 24.5. The molecule has 40 heavy (non-hydrogen) atoms. The predicted octanol–water partition coefficient (Wildman–Crippen LogP) is 5.13. The Labute approximate surface area is 240 Å². The Morgan fingerprint density at radius 2 is 1.35 bits per heavy atom. The SMILES string of the molecule is Cc1cc(NC(=O)[C@H](Cc2ccccc2)N2C(=O)[C@H]3[C@H](C2=O)C2(Cl)c4ccccc4C3(Cl)c3ccccc32)no1. The lowest BCUT2D eigenvalue weighted by atomic mass is 9.54. The van der Waals surface area contributed by atoms with Gasteiger partial charge in [-0.1, -0.05) is 84.0 Å². The van der Waals surface area contributed by atoms with Gasteiger partial charge in [-0.15, -0.1) is 23.2 Å². The summed E-state index contributed by atoms with van der Waals surface area (Å²) < 4.78 is 5.10. The number of halogens is 2. The van der Waals surface area contributed by atoms with Crippen molar-refractivity contribution in [3.8, 4) is 0 Å². The third kappa shape index (κ3) is 3.25. The van der Waals surface area contributed by atoms with Crippen LogP contribution in [0.4, 0.5) is 5.82 Å². The summed E-state index contributed by atoms with van der Waals surface area (Å²) in [5.41, 5.74) is 3.60. The molecule has 1 aliphatic heterocycles. The first kappa shape index (κ1) is 25.1. The molecule has 8 rings (SSSR count). The number of benzene rings is 3. The van der Waals surface area contributed by atoms with Crippen LogP contribution < -0.4 is 5.32 Å². The van der Waals surface area contributed by atoms with Crippen LogP contribution in [0.5, 0.6) is 0 Å². The van der Waals surface area contributed by atoms with E-state index in [0.29, 0.717) is 28.0 Å². The second-order valence-electron chi connectivity index (χ2n) is 10.5. The molecule has 2 heterocycles. The van der Waals surface area contributed by atoms with Crippen LogP contribution in [-0.2, 0) is 30.6 Å². The highest BCUT2D eigenvalue weighted by Gasteiger charge is 2.73. The quantitative estimate of drug-likeness (QED) is 0.265. The molecule has 1 fully saturated rings. The van der Waals surface area contributed by atoms with Crippen molar-refractivity contribution in [1.29, 1.82) is 0 Å². The van der Waals surface area contributed by atoms with Crippen molar-refractivity contribution in [2.45, 2.75) is 29.1 Å². The summed E-state index contributed by atoms with van der Waals surface area (Å²) >= 11 is 15.1. The number of aryl methyl sites for hydroxylation is 1. The summed E-state index contributed by atoms with van der Waals surface area (Å²) in [6.07, 6.45) is 0.102. The van der Waals surface area contributed by atoms with Gasteiger partial charge in [0.15, 0.2) is 5.82 Å². The molecular weight excluding hydrogens is 549 g/mol. The molecule has 0 radical (unpaired) electrons. The molecule has 3 amide bonds. The number of rotatable bonds is 5. The number of aromatic nitrogens is 1. The fraction of sp³-hybridized carbons (Fsp3) is 0.226. The van der Waals surface area contributed by atoms with Crippen LogP contribution in [0.3, 0.4) is 0 Å². The zero-order valence-electron chi connectivity index (χ0n) is 21.3. The number of carbonyl (C=O) groups excluding carboxylic acids is 3. The fourth-order valence-corrected chi connectivity index (χ4v) is 7.87. The maximum absolute atomic E-state index is 14.4. The second kappa shape index (κ2) is 8.78. The monoisotopic (exact) mass is 571 g/mol. The third-order valence-corrected chi connectivity index (χ3v) is 9.67. The van der Waals surface area contributed by atoms with E-state index in [1.165, 1.54) is 0 Å². The minimum Gasteiger partial charge on any atom is -0.360 e. The average Bonchev–Trinajstić information content (AvgIpc) is 3.50. The molecule has 1 N–H and O–H groups in total. The lowest BCUT2D eigenvalue weighted by molar-refractivity contribution is -0.146. The normalized spacial score (nSPS) is 26.7. The molecule has 1 saturated heterocycles. The van der Waals surface area contributed by atoms with Gasteiger partial charge in [-0.3, -0.25) is 19.3 Å². The molecule has 0 spiro atoms. The van der Waals surface area contributed by atoms with Gasteiger partial charge < -0.3 is 9.84 Å². The van der Waals surface area contributed by atoms with Crippen molar-refractivity contribution < 1.29 is 18.9 Å². The first-order valence-corrected chi connectivity index (χ1v) is 13.7. The number of nitrogens with zero attached hydrogens (tertiary/aromatic N) is 2. The first-order chi connectivity index (χ1) is 19.3. The molecule has 3 atom stereocenters. The van der Waals surface area contributed by atoms with Crippen LogP contribution in [0.15, 0.2) is 89.5 Å². The predicted molar refractivity (Wildman–Crippen MR) is 149 cm³/mol. The Morgan fingerprint density at radius 3 is 1.80 bits per heavy atom. The van der Waals surface area contributed by atoms with Gasteiger partial charge in [-0.2, -0.15) is 0 Å². The Morgan fingerprint density at radius 1 is 0.875 bits per heavy atom. The van der Waals surface area contributed by atoms with Gasteiger partial charge in [0, 0.05) is 12.5 Å². The van der Waals surface area contributed by atoms with Gasteiger partial charge in [0.1, 0.15) is 21.6 Å². The third-order valence-electron chi connectivity index (χ3n) is 8.38. The van der Waals surface area contributed by atoms with E-state index in [4.69, 9.17) is 27.7 Å². The molecule has 3 aromatic carbocycles. The molecule has 0 unspecified atom stereocenters. The number of imide groups is 1. The van der Waals surface area contributed by atoms with Gasteiger partial charge in [-0.05, 0) is 34.7 Å². The van der Waals surface area contributed by atoms with Gasteiger partial charge >= 0.3 is 0 Å². The van der Waals surface area contributed by atoms with Crippen molar-refractivity contribution in [3.63, 3.8) is 0 Å². The van der Waals surface area contributed by atoms with Crippen LogP contribution in [0.25, 0.3) is 0 Å². The Hall–Kier alpha value is -3.94. The van der Waals surface area contributed by atoms with E-state index in [2.05, 4.69) is 10.5 Å². The van der Waals surface area contributed by atoms with E-state index in [-0.39, 0.29) is 12.2 Å². The molecule has 7 nitrogen and oxygen atoms in total. The molecule has 1 aromatic heterocycles. The topological polar surface area (TPSA) is 92.5 Å². The molecule has 3 aliphatic carbocycles. The zero-order chi connectivity index (χ0) is 27.8. The largest absolute Gasteiger partial charge is 0.360 e. The van der Waals surface area contributed by atoms with Crippen molar-refractivity contribution in [2.24, 2.45) is 11.8 Å². The fourth-order valence-electron chi connectivity index (χ4n) is 6.77. The minimum atomic E-state index is -1.33. The van der Waals surface area contributed by atoms with E-state index < -0.39 is 45.3 Å². The Bertz CT molecular complexity index is 1580. The molecule has 0 saturated carbocycles. The van der Waals surface area contributed by atoms with Crippen molar-refractivity contribution in [1.82, 2.24) is 10.1 Å². The summed E-state index contributed by atoms with van der Waals surface area (Å²) in [6.45, 7) is 1.70. The van der Waals surface area contributed by atoms with E-state index in [0.717, 1.165) is 10.5 Å². The molecule has 2 bridgehead atoms. The smallest absolute Gasteiger partial charge is 0.249 e. The molecule has 9 heteroatoms. The summed E-state index contributed by atoms with van der Waals surface area (Å²) in [4.78, 5) is 41.1. The summed E-state index contributed by atoms with van der Waals surface area (Å²) in [5.74, 6) is -2.90. The van der Waals surface area contributed by atoms with E-state index in [1.807, 2.05) is 78.9 Å². The number of carbonyl (C=O) groups is 3. The molecule has 4 aromatic rings. The number of alkyl halides is 2. The lowest BCUT2D eigenvalue weighted by Gasteiger charge is -2.54. The summed E-state index contributed by atoms with van der Waals surface area (Å²) in [5, 5.41) is 6.57. The van der Waals surface area contributed by atoms with E-state index in [1.54, 1.807) is 13.0 Å². The number of anilines is 1. The van der Waals surface area contributed by atoms with E-state index in [9.17, 15) is 14.4 Å². The Balaban J connectivity index is 1.37. The van der Waals surface area contributed by atoms with Gasteiger partial charge in [0.05, 0.1) is 11.8 Å². The number of nitrogens with one attached hydrogen (secondary N) is 1. The lowest BCUT2D eigenvalue weighted by Crippen LogP contribution is -2.57. The maximum Gasteiger partial charge on any atom is 0.249 e. The van der Waals surface area contributed by atoms with Gasteiger partial charge in [-0.25, -0.2) is 0 Å². The highest BCUT2D eigenvalue weighted by atomic mass is 35.5. The van der Waals surface area contributed by atoms with Crippen LogP contribution in [0, 0.1) is 18.8 Å². The Kier molecular flexibility index (Phi) is 5.50. The second-order valence-corrected chi connectivity index (χ2v) is 11.7. The molecular formula is C31H23Cl2N3O4. The minimum absolute atomic E-state index is 0.102. The van der Waals surface area contributed by atoms with E-state index >= 15 is 0 Å². The van der Waals surface area contributed by atoms with Gasteiger partial charge in [0.2, 0.25) is 17.7 Å². The van der Waals surface area contributed by atoms with Crippen LogP contribution >= 0.6 is 23.2 Å². The van der Waals surface area contributed by atoms with Crippen LogP contribution in [-0.4, -0.2) is 33.8 Å². The number of hydrogen-bond acceptors (Lipinski definition) is 5. The molecule has 4 aliphatic rings. The number of likely N-dealkylation sites (tertiary alicyclic amines) is 1. The zero-order valence-corrected chi connectivity index (χ0v) is 22.8. The summed E-state index contributed by atoms with van der Waals surface area (Å²) in [7, 11) is 0. The van der Waals surface area contributed by atoms with Crippen molar-refractivity contribution in [3.05, 3.63) is 119 Å². The average molecular weight is 572 g/mol. The highest BCUT2D eigenvalue weighted by Crippen LogP contribution is 2.69. The van der Waals surface area contributed by atoms with Crippen LogP contribution in [0.2, 0.25) is 0 Å². The van der Waals surface area contributed by atoms with Gasteiger partial charge in [0.25, 0.3) is 0 Å². The standard InChI is InChI=1S/C31H23Cl2N3O4/c1-17-15-24(35-40-17)34-27(37)23(16-18-9-3-2-4-10-18)36-28(38)25-26(29(36)39)31(33)20-12-6-5-11-19(20)30(25,32)21-13-7-8-14-22(21)31/h2-15,23,25-26H,16H2,1H3,(H,34,35,37)/t23-,25+,26+,30?,31?/m0/s1. The number of amides is 3.